The topological polar surface area (TPSA) is 94.6 Å². The molecule has 144 valence electrons. The standard InChI is InChI=1S/C20H20N4O4/c1-26-15-6-4-5-13(11-15)20(25)22-19-10-9-18(23-24-19)21-14-7-8-16(27-2)17(12-14)28-3/h4-12H,1-3H3,(H,21,23)(H,22,24,25). The highest BCUT2D eigenvalue weighted by molar-refractivity contribution is 6.04. The zero-order valence-corrected chi connectivity index (χ0v) is 15.7. The predicted octanol–water partition coefficient (Wildman–Crippen LogP) is 3.50. The Hall–Kier alpha value is -3.81. The van der Waals surface area contributed by atoms with Crippen molar-refractivity contribution in [1.82, 2.24) is 10.2 Å². The second-order valence-electron chi connectivity index (χ2n) is 5.68. The van der Waals surface area contributed by atoms with Gasteiger partial charge in [0, 0.05) is 17.3 Å². The molecular weight excluding hydrogens is 360 g/mol. The molecule has 0 aliphatic carbocycles. The maximum Gasteiger partial charge on any atom is 0.256 e. The van der Waals surface area contributed by atoms with Gasteiger partial charge in [0.15, 0.2) is 23.1 Å². The summed E-state index contributed by atoms with van der Waals surface area (Å²) in [6, 6.07) is 15.6. The third-order valence-electron chi connectivity index (χ3n) is 3.89. The molecule has 8 heteroatoms. The van der Waals surface area contributed by atoms with Gasteiger partial charge >= 0.3 is 0 Å². The molecule has 0 aliphatic rings. The number of carbonyl (C=O) groups is 1. The minimum absolute atomic E-state index is 0.297. The Labute approximate surface area is 162 Å². The average molecular weight is 380 g/mol. The van der Waals surface area contributed by atoms with Crippen LogP contribution in [0.25, 0.3) is 0 Å². The third kappa shape index (κ3) is 4.47. The van der Waals surface area contributed by atoms with Crippen molar-refractivity contribution in [3.8, 4) is 17.2 Å². The van der Waals surface area contributed by atoms with Gasteiger partial charge in [-0.1, -0.05) is 6.07 Å². The van der Waals surface area contributed by atoms with Crippen LogP contribution in [0.4, 0.5) is 17.3 Å². The van der Waals surface area contributed by atoms with E-state index in [9.17, 15) is 4.79 Å². The van der Waals surface area contributed by atoms with Crippen LogP contribution < -0.4 is 24.8 Å². The lowest BCUT2D eigenvalue weighted by Crippen LogP contribution is -2.13. The summed E-state index contributed by atoms with van der Waals surface area (Å²) in [5.41, 5.74) is 1.23. The van der Waals surface area contributed by atoms with E-state index < -0.39 is 0 Å². The van der Waals surface area contributed by atoms with E-state index >= 15 is 0 Å². The number of nitrogens with one attached hydrogen (secondary N) is 2. The molecule has 2 N–H and O–H groups in total. The maximum atomic E-state index is 12.3. The number of aromatic nitrogens is 2. The largest absolute Gasteiger partial charge is 0.497 e. The highest BCUT2D eigenvalue weighted by Gasteiger charge is 2.09. The van der Waals surface area contributed by atoms with Crippen molar-refractivity contribution in [3.63, 3.8) is 0 Å². The van der Waals surface area contributed by atoms with E-state index in [0.717, 1.165) is 5.69 Å². The average Bonchev–Trinajstić information content (AvgIpc) is 2.75. The molecule has 0 atom stereocenters. The molecular formula is C20H20N4O4. The second-order valence-corrected chi connectivity index (χ2v) is 5.68. The second kappa shape index (κ2) is 8.72. The van der Waals surface area contributed by atoms with Crippen LogP contribution >= 0.6 is 0 Å². The van der Waals surface area contributed by atoms with Gasteiger partial charge in [-0.25, -0.2) is 0 Å². The van der Waals surface area contributed by atoms with Crippen LogP contribution in [-0.4, -0.2) is 37.4 Å². The molecule has 0 unspecified atom stereocenters. The number of hydrogen-bond acceptors (Lipinski definition) is 7. The number of nitrogens with zero attached hydrogens (tertiary/aromatic N) is 2. The Morgan fingerprint density at radius 3 is 2.25 bits per heavy atom. The smallest absolute Gasteiger partial charge is 0.256 e. The molecule has 1 aromatic heterocycles. The van der Waals surface area contributed by atoms with Crippen LogP contribution in [0, 0.1) is 0 Å². The number of rotatable bonds is 7. The summed E-state index contributed by atoms with van der Waals surface area (Å²) in [6.07, 6.45) is 0. The van der Waals surface area contributed by atoms with Gasteiger partial charge in [-0.15, -0.1) is 10.2 Å². The van der Waals surface area contributed by atoms with Crippen LogP contribution in [0.3, 0.4) is 0 Å². The summed E-state index contributed by atoms with van der Waals surface area (Å²) in [4.78, 5) is 12.3. The quantitative estimate of drug-likeness (QED) is 0.648. The minimum atomic E-state index is -0.297. The van der Waals surface area contributed by atoms with Gasteiger partial charge in [0.2, 0.25) is 0 Å². The summed E-state index contributed by atoms with van der Waals surface area (Å²) in [6.45, 7) is 0. The highest BCUT2D eigenvalue weighted by Crippen LogP contribution is 2.30. The molecule has 1 amide bonds. The van der Waals surface area contributed by atoms with E-state index in [1.54, 1.807) is 69.9 Å². The number of carbonyl (C=O) groups excluding carboxylic acids is 1. The first-order chi connectivity index (χ1) is 13.6. The Bertz CT molecular complexity index is 961. The van der Waals surface area contributed by atoms with Gasteiger partial charge in [-0.05, 0) is 42.5 Å². The van der Waals surface area contributed by atoms with Gasteiger partial charge in [-0.3, -0.25) is 4.79 Å². The number of benzene rings is 2. The minimum Gasteiger partial charge on any atom is -0.497 e. The molecule has 0 saturated heterocycles. The van der Waals surface area contributed by atoms with Gasteiger partial charge < -0.3 is 24.8 Å². The maximum absolute atomic E-state index is 12.3. The first-order valence-corrected chi connectivity index (χ1v) is 8.41. The lowest BCUT2D eigenvalue weighted by atomic mass is 10.2. The van der Waals surface area contributed by atoms with Crippen LogP contribution in [0.2, 0.25) is 0 Å². The van der Waals surface area contributed by atoms with E-state index in [1.807, 2.05) is 6.07 Å². The number of anilines is 3. The van der Waals surface area contributed by atoms with E-state index in [2.05, 4.69) is 20.8 Å². The molecule has 1 heterocycles. The first-order valence-electron chi connectivity index (χ1n) is 8.41. The monoisotopic (exact) mass is 380 g/mol. The van der Waals surface area contributed by atoms with Crippen LogP contribution in [0.5, 0.6) is 17.2 Å². The van der Waals surface area contributed by atoms with E-state index in [4.69, 9.17) is 14.2 Å². The van der Waals surface area contributed by atoms with E-state index in [1.165, 1.54) is 0 Å². The third-order valence-corrected chi connectivity index (χ3v) is 3.89. The summed E-state index contributed by atoms with van der Waals surface area (Å²) >= 11 is 0. The highest BCUT2D eigenvalue weighted by atomic mass is 16.5. The SMILES string of the molecule is COc1cccc(C(=O)Nc2ccc(Nc3ccc(OC)c(OC)c3)nn2)c1. The Morgan fingerprint density at radius 2 is 1.57 bits per heavy atom. The van der Waals surface area contributed by atoms with Crippen molar-refractivity contribution in [2.24, 2.45) is 0 Å². The summed E-state index contributed by atoms with van der Waals surface area (Å²) in [5, 5.41) is 13.9. The number of hydrogen-bond donors (Lipinski definition) is 2. The molecule has 0 spiro atoms. The molecule has 2 aromatic carbocycles. The zero-order chi connectivity index (χ0) is 19.9. The Morgan fingerprint density at radius 1 is 0.821 bits per heavy atom. The fourth-order valence-corrected chi connectivity index (χ4v) is 2.48. The van der Waals surface area contributed by atoms with Crippen LogP contribution in [-0.2, 0) is 0 Å². The van der Waals surface area contributed by atoms with Crippen molar-refractivity contribution in [3.05, 3.63) is 60.2 Å². The van der Waals surface area contributed by atoms with Gasteiger partial charge in [0.05, 0.1) is 21.3 Å². The van der Waals surface area contributed by atoms with Crippen molar-refractivity contribution in [2.45, 2.75) is 0 Å². The molecule has 0 radical (unpaired) electrons. The molecule has 0 aliphatic heterocycles. The molecule has 0 fully saturated rings. The predicted molar refractivity (Wildman–Crippen MR) is 106 cm³/mol. The van der Waals surface area contributed by atoms with Gasteiger partial charge in [-0.2, -0.15) is 0 Å². The van der Waals surface area contributed by atoms with Crippen LogP contribution in [0.15, 0.2) is 54.6 Å². The summed E-state index contributed by atoms with van der Waals surface area (Å²) < 4.78 is 15.6. The van der Waals surface area contributed by atoms with E-state index in [0.29, 0.717) is 34.4 Å². The van der Waals surface area contributed by atoms with E-state index in [-0.39, 0.29) is 5.91 Å². The van der Waals surface area contributed by atoms with Crippen LogP contribution in [0.1, 0.15) is 10.4 Å². The molecule has 0 bridgehead atoms. The molecule has 3 rings (SSSR count). The normalized spacial score (nSPS) is 10.1. The number of ether oxygens (including phenoxy) is 3. The van der Waals surface area contributed by atoms with Crippen molar-refractivity contribution < 1.29 is 19.0 Å². The number of amides is 1. The van der Waals surface area contributed by atoms with Crippen molar-refractivity contribution in [2.75, 3.05) is 32.0 Å². The van der Waals surface area contributed by atoms with Crippen molar-refractivity contribution >= 4 is 23.2 Å². The summed E-state index contributed by atoms with van der Waals surface area (Å²) in [5.74, 6) is 2.40. The molecule has 8 nitrogen and oxygen atoms in total. The fourth-order valence-electron chi connectivity index (χ4n) is 2.48. The number of methoxy groups -OCH3 is 3. The fraction of sp³-hybridized carbons (Fsp3) is 0.150. The first kappa shape index (κ1) is 19.0. The van der Waals surface area contributed by atoms with Gasteiger partial charge in [0.1, 0.15) is 5.75 Å². The molecule has 0 saturated carbocycles. The Kier molecular flexibility index (Phi) is 5.91. The molecule has 3 aromatic rings. The lowest BCUT2D eigenvalue weighted by molar-refractivity contribution is 0.102. The lowest BCUT2D eigenvalue weighted by Gasteiger charge is -2.11. The zero-order valence-electron chi connectivity index (χ0n) is 15.7. The molecule has 28 heavy (non-hydrogen) atoms. The van der Waals surface area contributed by atoms with Crippen molar-refractivity contribution in [1.29, 1.82) is 0 Å². The summed E-state index contributed by atoms with van der Waals surface area (Å²) in [7, 11) is 4.70. The Balaban J connectivity index is 1.67. The van der Waals surface area contributed by atoms with Gasteiger partial charge in [0.25, 0.3) is 5.91 Å².